The highest BCUT2D eigenvalue weighted by Crippen LogP contribution is 2.51. The smallest absolute Gasteiger partial charge is 0.150 e. The Kier molecular flexibility index (Phi) is 4.96. The molecule has 0 bridgehead atoms. The van der Waals surface area contributed by atoms with Gasteiger partial charge in [-0.05, 0) is 75.0 Å². The van der Waals surface area contributed by atoms with Crippen LogP contribution >= 0.6 is 0 Å². The summed E-state index contributed by atoms with van der Waals surface area (Å²) in [5, 5.41) is 3.92. The second-order valence-electron chi connectivity index (χ2n) is 8.86. The highest BCUT2D eigenvalue weighted by molar-refractivity contribution is 7.91. The zero-order valence-corrected chi connectivity index (χ0v) is 15.8. The van der Waals surface area contributed by atoms with Crippen LogP contribution in [0.25, 0.3) is 0 Å². The van der Waals surface area contributed by atoms with E-state index in [0.29, 0.717) is 18.0 Å². The van der Waals surface area contributed by atoms with Gasteiger partial charge in [0.25, 0.3) is 0 Å². The van der Waals surface area contributed by atoms with Crippen molar-refractivity contribution in [1.29, 1.82) is 0 Å². The molecule has 4 rings (SSSR count). The monoisotopic (exact) mass is 355 g/mol. The van der Waals surface area contributed by atoms with Crippen LogP contribution in [0.5, 0.6) is 0 Å². The summed E-state index contributed by atoms with van der Waals surface area (Å²) < 4.78 is 29.1. The summed E-state index contributed by atoms with van der Waals surface area (Å²) in [5.74, 6) is 3.30. The number of nitrogens with one attached hydrogen (secondary N) is 1. The number of sulfone groups is 1. The van der Waals surface area contributed by atoms with Crippen LogP contribution in [0.1, 0.15) is 57.8 Å². The molecule has 0 aromatic carbocycles. The molecule has 2 heterocycles. The molecular weight excluding hydrogens is 322 g/mol. The Morgan fingerprint density at radius 3 is 2.29 bits per heavy atom. The average molecular weight is 356 g/mol. The van der Waals surface area contributed by atoms with Crippen molar-refractivity contribution in [3.05, 3.63) is 0 Å². The molecule has 2 saturated carbocycles. The molecule has 2 aliphatic carbocycles. The van der Waals surface area contributed by atoms with Gasteiger partial charge in [-0.3, -0.25) is 0 Å². The fourth-order valence-electron chi connectivity index (χ4n) is 5.76. The largest absolute Gasteiger partial charge is 0.381 e. The van der Waals surface area contributed by atoms with Crippen LogP contribution in [0.4, 0.5) is 0 Å². The molecule has 0 amide bonds. The lowest BCUT2D eigenvalue weighted by molar-refractivity contribution is 0.173. The van der Waals surface area contributed by atoms with Crippen LogP contribution in [-0.2, 0) is 14.6 Å². The van der Waals surface area contributed by atoms with Crippen molar-refractivity contribution in [3.8, 4) is 0 Å². The number of hydrogen-bond acceptors (Lipinski definition) is 4. The van der Waals surface area contributed by atoms with E-state index >= 15 is 0 Å². The molecule has 4 fully saturated rings. The molecule has 138 valence electrons. The van der Waals surface area contributed by atoms with Crippen molar-refractivity contribution in [2.75, 3.05) is 19.5 Å². The van der Waals surface area contributed by atoms with E-state index in [1.165, 1.54) is 38.4 Å². The third kappa shape index (κ3) is 3.68. The third-order valence-corrected chi connectivity index (χ3v) is 9.01. The fraction of sp³-hybridized carbons (Fsp3) is 1.00. The molecule has 4 aliphatic rings. The van der Waals surface area contributed by atoms with Gasteiger partial charge in [-0.1, -0.05) is 6.42 Å². The summed E-state index contributed by atoms with van der Waals surface area (Å²) in [7, 11) is -2.84. The van der Waals surface area contributed by atoms with Crippen molar-refractivity contribution in [2.45, 2.75) is 75.1 Å². The maximum absolute atomic E-state index is 11.8. The summed E-state index contributed by atoms with van der Waals surface area (Å²) in [6.07, 6.45) is 12.0. The molecule has 24 heavy (non-hydrogen) atoms. The Bertz CT molecular complexity index is 535. The Morgan fingerprint density at radius 2 is 1.62 bits per heavy atom. The number of hydrogen-bond donors (Lipinski definition) is 1. The molecule has 5 atom stereocenters. The van der Waals surface area contributed by atoms with Crippen LogP contribution in [0, 0.1) is 23.7 Å². The zero-order valence-electron chi connectivity index (χ0n) is 15.0. The summed E-state index contributed by atoms with van der Waals surface area (Å²) >= 11 is 0. The Balaban J connectivity index is 1.28. The molecule has 2 aliphatic heterocycles. The number of piperidine rings is 1. The van der Waals surface area contributed by atoms with Gasteiger partial charge in [0.15, 0.2) is 0 Å². The predicted octanol–water partition coefficient (Wildman–Crippen LogP) is 2.77. The van der Waals surface area contributed by atoms with Crippen molar-refractivity contribution in [3.63, 3.8) is 0 Å². The van der Waals surface area contributed by atoms with Gasteiger partial charge < -0.3 is 10.1 Å². The van der Waals surface area contributed by atoms with E-state index in [1.54, 1.807) is 0 Å². The normalized spacial score (nSPS) is 46.8. The standard InChI is InChI=1S/C19H33NO3S/c1-24(21,22)15-7-5-13(6-8-15)18-3-2-4-19(20-18)17-11-16(17)14-9-10-23-12-14/h13-20H,2-12H2,1H3/t13?,14?,15?,16-,17+,18?,19?/m1/s1. The first-order valence-corrected chi connectivity index (χ1v) is 12.0. The van der Waals surface area contributed by atoms with Gasteiger partial charge >= 0.3 is 0 Å². The van der Waals surface area contributed by atoms with E-state index in [9.17, 15) is 8.42 Å². The van der Waals surface area contributed by atoms with Crippen LogP contribution in [0.15, 0.2) is 0 Å². The summed E-state index contributed by atoms with van der Waals surface area (Å²) in [6.45, 7) is 1.96. The lowest BCUT2D eigenvalue weighted by Crippen LogP contribution is -2.49. The summed E-state index contributed by atoms with van der Waals surface area (Å²) in [4.78, 5) is 0. The van der Waals surface area contributed by atoms with E-state index in [1.807, 2.05) is 0 Å². The summed E-state index contributed by atoms with van der Waals surface area (Å²) in [5.41, 5.74) is 0. The minimum atomic E-state index is -2.84. The molecule has 0 aromatic rings. The maximum Gasteiger partial charge on any atom is 0.150 e. The van der Waals surface area contributed by atoms with Crippen molar-refractivity contribution >= 4 is 9.84 Å². The van der Waals surface area contributed by atoms with Crippen LogP contribution < -0.4 is 5.32 Å². The molecule has 0 spiro atoms. The highest BCUT2D eigenvalue weighted by atomic mass is 32.2. The van der Waals surface area contributed by atoms with Crippen molar-refractivity contribution in [2.24, 2.45) is 23.7 Å². The first kappa shape index (κ1) is 17.3. The van der Waals surface area contributed by atoms with E-state index in [4.69, 9.17) is 4.74 Å². The van der Waals surface area contributed by atoms with Gasteiger partial charge in [0.2, 0.25) is 0 Å². The molecule has 5 heteroatoms. The minimum absolute atomic E-state index is 0.0803. The topological polar surface area (TPSA) is 55.4 Å². The number of ether oxygens (including phenoxy) is 1. The maximum atomic E-state index is 11.8. The van der Waals surface area contributed by atoms with E-state index < -0.39 is 9.84 Å². The van der Waals surface area contributed by atoms with Crippen molar-refractivity contribution < 1.29 is 13.2 Å². The first-order valence-electron chi connectivity index (χ1n) is 10.0. The van der Waals surface area contributed by atoms with E-state index in [-0.39, 0.29) is 5.25 Å². The zero-order chi connectivity index (χ0) is 16.7. The van der Waals surface area contributed by atoms with Crippen LogP contribution in [-0.4, -0.2) is 45.2 Å². The van der Waals surface area contributed by atoms with E-state index in [0.717, 1.165) is 56.7 Å². The Labute approximate surface area is 147 Å². The molecule has 2 saturated heterocycles. The number of rotatable bonds is 4. The molecule has 0 aromatic heterocycles. The highest BCUT2D eigenvalue weighted by Gasteiger charge is 2.49. The Morgan fingerprint density at radius 1 is 0.875 bits per heavy atom. The fourth-order valence-corrected chi connectivity index (χ4v) is 6.89. The van der Waals surface area contributed by atoms with Crippen LogP contribution in [0.3, 0.4) is 0 Å². The SMILES string of the molecule is CS(=O)(=O)C1CCC(C2CCCC([C@H]3C[C@@H]3C3CCOC3)N2)CC1. The van der Waals surface area contributed by atoms with Gasteiger partial charge in [0.05, 0.1) is 5.25 Å². The van der Waals surface area contributed by atoms with Crippen LogP contribution in [0.2, 0.25) is 0 Å². The van der Waals surface area contributed by atoms with E-state index in [2.05, 4.69) is 5.32 Å². The van der Waals surface area contributed by atoms with Gasteiger partial charge in [-0.2, -0.15) is 0 Å². The molecular formula is C19H33NO3S. The Hall–Kier alpha value is -0.130. The lowest BCUT2D eigenvalue weighted by atomic mass is 9.79. The third-order valence-electron chi connectivity index (χ3n) is 7.33. The molecule has 1 N–H and O–H groups in total. The molecule has 4 nitrogen and oxygen atoms in total. The molecule has 3 unspecified atom stereocenters. The average Bonchev–Trinajstić information content (AvgIpc) is 3.20. The first-order chi connectivity index (χ1) is 11.5. The second-order valence-corrected chi connectivity index (χ2v) is 11.2. The van der Waals surface area contributed by atoms with Gasteiger partial charge in [0.1, 0.15) is 9.84 Å². The van der Waals surface area contributed by atoms with Crippen molar-refractivity contribution in [1.82, 2.24) is 5.32 Å². The lowest BCUT2D eigenvalue weighted by Gasteiger charge is -2.39. The minimum Gasteiger partial charge on any atom is -0.381 e. The molecule has 0 radical (unpaired) electrons. The second kappa shape index (κ2) is 6.88. The van der Waals surface area contributed by atoms with Gasteiger partial charge in [-0.15, -0.1) is 0 Å². The predicted molar refractivity (Wildman–Crippen MR) is 95.7 cm³/mol. The quantitative estimate of drug-likeness (QED) is 0.842. The van der Waals surface area contributed by atoms with Gasteiger partial charge in [-0.25, -0.2) is 8.42 Å². The van der Waals surface area contributed by atoms with Gasteiger partial charge in [0, 0.05) is 31.6 Å². The summed E-state index contributed by atoms with van der Waals surface area (Å²) in [6, 6.07) is 1.34.